The number of carboxylic acid groups (broad SMARTS) is 2. The van der Waals surface area contributed by atoms with Crippen molar-refractivity contribution in [3.63, 3.8) is 0 Å². The number of hydrogen-bond donors (Lipinski definition) is 8. The van der Waals surface area contributed by atoms with Gasteiger partial charge < -0.3 is 42.2 Å². The van der Waals surface area contributed by atoms with E-state index in [1.165, 1.54) is 0 Å². The van der Waals surface area contributed by atoms with Crippen LogP contribution in [-0.2, 0) is 35.2 Å². The second-order valence-corrected chi connectivity index (χ2v) is 11.3. The van der Waals surface area contributed by atoms with Crippen LogP contribution in [0.1, 0.15) is 58.9 Å². The first-order valence-corrected chi connectivity index (χ1v) is 14.7. The van der Waals surface area contributed by atoms with Crippen LogP contribution in [0.25, 0.3) is 10.9 Å². The van der Waals surface area contributed by atoms with Crippen molar-refractivity contribution in [2.24, 2.45) is 17.6 Å². The molecule has 14 nitrogen and oxygen atoms in total. The molecule has 4 amide bonds. The Morgan fingerprint density at radius 2 is 1.50 bits per heavy atom. The molecule has 9 N–H and O–H groups in total. The third kappa shape index (κ3) is 11.0. The smallest absolute Gasteiger partial charge is 0.322 e. The Morgan fingerprint density at radius 1 is 0.864 bits per heavy atom. The maximum Gasteiger partial charge on any atom is 0.322 e. The van der Waals surface area contributed by atoms with Gasteiger partial charge in [0.15, 0.2) is 0 Å². The van der Waals surface area contributed by atoms with Gasteiger partial charge in [-0.15, -0.1) is 0 Å². The lowest BCUT2D eigenvalue weighted by atomic mass is 9.97. The molecule has 0 unspecified atom stereocenters. The number of carboxylic acids is 2. The van der Waals surface area contributed by atoms with Gasteiger partial charge in [-0.25, -0.2) is 0 Å². The van der Waals surface area contributed by atoms with Crippen LogP contribution in [0, 0.1) is 11.8 Å². The van der Waals surface area contributed by atoms with E-state index in [2.05, 4.69) is 26.3 Å². The molecular weight excluding hydrogens is 572 g/mol. The van der Waals surface area contributed by atoms with Crippen molar-refractivity contribution in [3.8, 4) is 0 Å². The first kappa shape index (κ1) is 35.7. The maximum absolute atomic E-state index is 13.7. The van der Waals surface area contributed by atoms with Gasteiger partial charge in [0.25, 0.3) is 0 Å². The van der Waals surface area contributed by atoms with Gasteiger partial charge in [-0.2, -0.15) is 0 Å². The molecule has 0 saturated carbocycles. The zero-order chi connectivity index (χ0) is 33.0. The standard InChI is InChI=1S/C30H44N6O8/c1-5-17(4)26(30(44)33-15-25(39)40)36-29(43)23(13-18-14-32-21-9-7-6-8-19(18)21)35-28(42)22(10-11-24(37)38)34-27(41)20(31)12-16(2)3/h6-9,14,16-17,20,22-23,26,32H,5,10-13,15,31H2,1-4H3,(H,33,44)(H,34,41)(H,35,42)(H,36,43)(H,37,38)(H,39,40)/t17-,20-,22-,23-,26-/m0/s1. The van der Waals surface area contributed by atoms with Crippen LogP contribution in [0.4, 0.5) is 0 Å². The van der Waals surface area contributed by atoms with E-state index < -0.39 is 72.7 Å². The fourth-order valence-electron chi connectivity index (χ4n) is 4.66. The van der Waals surface area contributed by atoms with Crippen LogP contribution in [0.2, 0.25) is 0 Å². The lowest BCUT2D eigenvalue weighted by Gasteiger charge is -2.28. The van der Waals surface area contributed by atoms with Crippen molar-refractivity contribution in [1.82, 2.24) is 26.3 Å². The fourth-order valence-corrected chi connectivity index (χ4v) is 4.66. The number of aliphatic carboxylic acids is 2. The lowest BCUT2D eigenvalue weighted by molar-refractivity contribution is -0.139. The lowest BCUT2D eigenvalue weighted by Crippen LogP contribution is -2.59. The average Bonchev–Trinajstić information content (AvgIpc) is 3.37. The van der Waals surface area contributed by atoms with Gasteiger partial charge in [-0.05, 0) is 36.3 Å². The van der Waals surface area contributed by atoms with Crippen molar-refractivity contribution in [3.05, 3.63) is 36.0 Å². The molecule has 1 heterocycles. The minimum absolute atomic E-state index is 0.0159. The Hall–Kier alpha value is -4.46. The summed E-state index contributed by atoms with van der Waals surface area (Å²) in [5, 5.41) is 29.1. The highest BCUT2D eigenvalue weighted by molar-refractivity contribution is 5.96. The topological polar surface area (TPSA) is 233 Å². The fraction of sp³-hybridized carbons (Fsp3) is 0.533. The summed E-state index contributed by atoms with van der Waals surface area (Å²) >= 11 is 0. The molecule has 1 aromatic heterocycles. The molecule has 242 valence electrons. The number of benzene rings is 1. The zero-order valence-electron chi connectivity index (χ0n) is 25.5. The SMILES string of the molecule is CC[C@H](C)[C@H](NC(=O)[C@H](Cc1c[nH]c2ccccc12)NC(=O)[C@H](CCC(=O)O)NC(=O)[C@@H](N)CC(C)C)C(=O)NCC(=O)O. The Labute approximate surface area is 255 Å². The van der Waals surface area contributed by atoms with Gasteiger partial charge >= 0.3 is 11.9 Å². The molecule has 5 atom stereocenters. The predicted octanol–water partition coefficient (Wildman–Crippen LogP) is 0.650. The molecule has 44 heavy (non-hydrogen) atoms. The van der Waals surface area contributed by atoms with Gasteiger partial charge in [-0.1, -0.05) is 52.3 Å². The Morgan fingerprint density at radius 3 is 2.11 bits per heavy atom. The average molecular weight is 617 g/mol. The van der Waals surface area contributed by atoms with Crippen LogP contribution in [0.15, 0.2) is 30.5 Å². The number of para-hydroxylation sites is 1. The van der Waals surface area contributed by atoms with Crippen LogP contribution in [0.5, 0.6) is 0 Å². The molecule has 0 aliphatic heterocycles. The number of H-pyrrole nitrogens is 1. The summed E-state index contributed by atoms with van der Waals surface area (Å²) < 4.78 is 0. The van der Waals surface area contributed by atoms with E-state index in [0.717, 1.165) is 10.9 Å². The number of hydrogen-bond acceptors (Lipinski definition) is 7. The van der Waals surface area contributed by atoms with Crippen LogP contribution in [-0.4, -0.2) is 81.5 Å². The van der Waals surface area contributed by atoms with E-state index >= 15 is 0 Å². The van der Waals surface area contributed by atoms with Crippen molar-refractivity contribution in [2.75, 3.05) is 6.54 Å². The van der Waals surface area contributed by atoms with Crippen LogP contribution >= 0.6 is 0 Å². The number of rotatable bonds is 18. The highest BCUT2D eigenvalue weighted by atomic mass is 16.4. The van der Waals surface area contributed by atoms with E-state index in [4.69, 9.17) is 10.8 Å². The first-order chi connectivity index (χ1) is 20.7. The molecule has 0 bridgehead atoms. The molecule has 0 aliphatic carbocycles. The molecule has 2 aromatic rings. The minimum Gasteiger partial charge on any atom is -0.481 e. The highest BCUT2D eigenvalue weighted by Gasteiger charge is 2.33. The summed E-state index contributed by atoms with van der Waals surface area (Å²) in [6, 6.07) is 2.74. The number of fused-ring (bicyclic) bond motifs is 1. The number of nitrogens with two attached hydrogens (primary N) is 1. The van der Waals surface area contributed by atoms with E-state index in [9.17, 15) is 33.9 Å². The van der Waals surface area contributed by atoms with Gasteiger partial charge in [-0.3, -0.25) is 28.8 Å². The van der Waals surface area contributed by atoms with E-state index in [-0.39, 0.29) is 24.7 Å². The Bertz CT molecular complexity index is 1330. The van der Waals surface area contributed by atoms with Crippen molar-refractivity contribution < 1.29 is 39.0 Å². The van der Waals surface area contributed by atoms with Crippen molar-refractivity contribution in [2.45, 2.75) is 84.0 Å². The third-order valence-electron chi connectivity index (χ3n) is 7.28. The highest BCUT2D eigenvalue weighted by Crippen LogP contribution is 2.20. The number of aromatic amines is 1. The summed E-state index contributed by atoms with van der Waals surface area (Å²) in [7, 11) is 0. The minimum atomic E-state index is -1.31. The van der Waals surface area contributed by atoms with Crippen LogP contribution < -0.4 is 27.0 Å². The molecule has 0 radical (unpaired) electrons. The quantitative estimate of drug-likeness (QED) is 0.117. The van der Waals surface area contributed by atoms with Crippen LogP contribution in [0.3, 0.4) is 0 Å². The van der Waals surface area contributed by atoms with Crippen molar-refractivity contribution in [1.29, 1.82) is 0 Å². The Balaban J connectivity index is 2.39. The number of carbonyl (C=O) groups excluding carboxylic acids is 4. The molecule has 0 spiro atoms. The van der Waals surface area contributed by atoms with E-state index in [1.807, 2.05) is 38.1 Å². The number of amides is 4. The summed E-state index contributed by atoms with van der Waals surface area (Å²) in [4.78, 5) is 78.3. The Kier molecular flexibility index (Phi) is 13.8. The molecule has 1 aromatic carbocycles. The summed E-state index contributed by atoms with van der Waals surface area (Å²) in [5.41, 5.74) is 7.46. The monoisotopic (exact) mass is 616 g/mol. The van der Waals surface area contributed by atoms with Gasteiger partial charge in [0.2, 0.25) is 23.6 Å². The summed E-state index contributed by atoms with van der Waals surface area (Å²) in [5.74, 6) is -5.57. The third-order valence-corrected chi connectivity index (χ3v) is 7.28. The normalized spacial score (nSPS) is 14.6. The zero-order valence-corrected chi connectivity index (χ0v) is 25.5. The molecule has 0 saturated heterocycles. The first-order valence-electron chi connectivity index (χ1n) is 14.7. The van der Waals surface area contributed by atoms with Gasteiger partial charge in [0.05, 0.1) is 6.04 Å². The maximum atomic E-state index is 13.7. The summed E-state index contributed by atoms with van der Waals surface area (Å²) in [6.45, 7) is 6.64. The number of carbonyl (C=O) groups is 6. The predicted molar refractivity (Wildman–Crippen MR) is 162 cm³/mol. The largest absolute Gasteiger partial charge is 0.481 e. The summed E-state index contributed by atoms with van der Waals surface area (Å²) in [6.07, 6.45) is 1.80. The molecule has 0 fully saturated rings. The number of nitrogens with one attached hydrogen (secondary N) is 5. The van der Waals surface area contributed by atoms with Gasteiger partial charge in [0, 0.05) is 29.9 Å². The second kappa shape index (κ2) is 17.0. The molecular formula is C30H44N6O8. The molecule has 14 heteroatoms. The van der Waals surface area contributed by atoms with Crippen molar-refractivity contribution >= 4 is 46.5 Å². The number of aromatic nitrogens is 1. The van der Waals surface area contributed by atoms with Gasteiger partial charge in [0.1, 0.15) is 24.7 Å². The van der Waals surface area contributed by atoms with E-state index in [0.29, 0.717) is 18.4 Å². The van der Waals surface area contributed by atoms with E-state index in [1.54, 1.807) is 20.0 Å². The molecule has 0 aliphatic rings. The second-order valence-electron chi connectivity index (χ2n) is 11.3. The molecule has 2 rings (SSSR count).